The second kappa shape index (κ2) is 12.4. The summed E-state index contributed by atoms with van der Waals surface area (Å²) in [4.78, 5) is 10.5. The van der Waals surface area contributed by atoms with Crippen LogP contribution in [-0.2, 0) is 10.2 Å². The number of aliphatic hydroxyl groups is 1. The predicted molar refractivity (Wildman–Crippen MR) is 144 cm³/mol. The molecule has 0 saturated heterocycles. The molecule has 2 aromatic carbocycles. The van der Waals surface area contributed by atoms with Crippen LogP contribution in [0.3, 0.4) is 0 Å². The standard InChI is InChI=1S/C32H42O3/c1-5-32(6-2,29-15-16-30(26(4)24-29)35-22-12-8-11-21-33)28-14-13-27(25(3)23-28)17-20-31(34)18-9-7-10-19-31/h13-16,21,23-24,34H,5-12,18-19,22H2,1-4H3. The Bertz CT molecular complexity index is 1050. The first kappa shape index (κ1) is 27.0. The van der Waals surface area contributed by atoms with Crippen molar-refractivity contribution in [2.24, 2.45) is 0 Å². The number of unbranched alkanes of at least 4 members (excludes halogenated alkanes) is 2. The summed E-state index contributed by atoms with van der Waals surface area (Å²) in [7, 11) is 0. The van der Waals surface area contributed by atoms with E-state index in [0.717, 1.165) is 80.1 Å². The van der Waals surface area contributed by atoms with Gasteiger partial charge in [0.25, 0.3) is 0 Å². The molecule has 188 valence electrons. The quantitative estimate of drug-likeness (QED) is 0.225. The zero-order chi connectivity index (χ0) is 25.3. The molecule has 1 aliphatic rings. The van der Waals surface area contributed by atoms with Crippen LogP contribution in [0.2, 0.25) is 0 Å². The lowest BCUT2D eigenvalue weighted by Crippen LogP contribution is -2.29. The lowest BCUT2D eigenvalue weighted by Gasteiger charge is -2.34. The Labute approximate surface area is 212 Å². The minimum Gasteiger partial charge on any atom is -0.493 e. The molecule has 3 heteroatoms. The Balaban J connectivity index is 1.83. The van der Waals surface area contributed by atoms with Gasteiger partial charge in [-0.3, -0.25) is 0 Å². The summed E-state index contributed by atoms with van der Waals surface area (Å²) in [6, 6.07) is 13.2. The van der Waals surface area contributed by atoms with Crippen molar-refractivity contribution < 1.29 is 14.6 Å². The first-order valence-electron chi connectivity index (χ1n) is 13.4. The van der Waals surface area contributed by atoms with Crippen molar-refractivity contribution in [3.63, 3.8) is 0 Å². The average Bonchev–Trinajstić information content (AvgIpc) is 2.86. The van der Waals surface area contributed by atoms with Crippen LogP contribution < -0.4 is 4.74 Å². The van der Waals surface area contributed by atoms with Crippen molar-refractivity contribution in [3.8, 4) is 17.6 Å². The van der Waals surface area contributed by atoms with Gasteiger partial charge in [-0.2, -0.15) is 0 Å². The third-order valence-corrected chi connectivity index (χ3v) is 7.80. The molecule has 0 aromatic heterocycles. The number of hydrogen-bond acceptors (Lipinski definition) is 3. The van der Waals surface area contributed by atoms with Gasteiger partial charge in [0.2, 0.25) is 0 Å². The number of ether oxygens (including phenoxy) is 1. The first-order valence-corrected chi connectivity index (χ1v) is 13.4. The van der Waals surface area contributed by atoms with Crippen molar-refractivity contribution in [2.45, 2.75) is 103 Å². The van der Waals surface area contributed by atoms with E-state index < -0.39 is 5.60 Å². The second-order valence-electron chi connectivity index (χ2n) is 10.2. The summed E-state index contributed by atoms with van der Waals surface area (Å²) in [6.07, 6.45) is 10.2. The number of aryl methyl sites for hydroxylation is 2. The van der Waals surface area contributed by atoms with Crippen molar-refractivity contribution in [2.75, 3.05) is 6.61 Å². The largest absolute Gasteiger partial charge is 0.493 e. The SMILES string of the molecule is CCC(CC)(c1ccc(C#CC2(O)CCCCC2)c(C)c1)c1ccc(OCCCCC=O)c(C)c1. The molecule has 0 radical (unpaired) electrons. The third-order valence-electron chi connectivity index (χ3n) is 7.80. The fraction of sp³-hybridized carbons (Fsp3) is 0.531. The topological polar surface area (TPSA) is 46.5 Å². The van der Waals surface area contributed by atoms with Gasteiger partial charge < -0.3 is 14.6 Å². The van der Waals surface area contributed by atoms with Crippen molar-refractivity contribution in [1.29, 1.82) is 0 Å². The normalized spacial score (nSPS) is 15.2. The summed E-state index contributed by atoms with van der Waals surface area (Å²) in [5.74, 6) is 7.40. The Morgan fingerprint density at radius 2 is 1.63 bits per heavy atom. The van der Waals surface area contributed by atoms with Gasteiger partial charge in [-0.25, -0.2) is 0 Å². The highest BCUT2D eigenvalue weighted by molar-refractivity contribution is 5.50. The lowest BCUT2D eigenvalue weighted by molar-refractivity contribution is -0.107. The fourth-order valence-electron chi connectivity index (χ4n) is 5.40. The first-order chi connectivity index (χ1) is 16.9. The van der Waals surface area contributed by atoms with Crippen molar-refractivity contribution in [3.05, 3.63) is 64.2 Å². The highest BCUT2D eigenvalue weighted by Crippen LogP contribution is 2.41. The van der Waals surface area contributed by atoms with Crippen molar-refractivity contribution >= 4 is 6.29 Å². The van der Waals surface area contributed by atoms with E-state index in [1.165, 1.54) is 17.5 Å². The van der Waals surface area contributed by atoms with Gasteiger partial charge in [-0.15, -0.1) is 0 Å². The number of benzene rings is 2. The van der Waals surface area contributed by atoms with Crippen LogP contribution >= 0.6 is 0 Å². The monoisotopic (exact) mass is 474 g/mol. The molecule has 1 N–H and O–H groups in total. The van der Waals surface area contributed by atoms with E-state index in [2.05, 4.69) is 75.9 Å². The molecular weight excluding hydrogens is 432 g/mol. The number of carbonyl (C=O) groups is 1. The number of rotatable bonds is 10. The van der Waals surface area contributed by atoms with Gasteiger partial charge in [0.1, 0.15) is 17.6 Å². The van der Waals surface area contributed by atoms with Gasteiger partial charge >= 0.3 is 0 Å². The van der Waals surface area contributed by atoms with Crippen LogP contribution in [0, 0.1) is 25.7 Å². The fourth-order valence-corrected chi connectivity index (χ4v) is 5.40. The Kier molecular flexibility index (Phi) is 9.58. The number of aldehydes is 1. The van der Waals surface area contributed by atoms with Crippen LogP contribution in [0.15, 0.2) is 36.4 Å². The van der Waals surface area contributed by atoms with Gasteiger partial charge in [0, 0.05) is 17.4 Å². The van der Waals surface area contributed by atoms with E-state index in [1.807, 2.05) is 0 Å². The summed E-state index contributed by atoms with van der Waals surface area (Å²) >= 11 is 0. The molecule has 0 bridgehead atoms. The molecule has 1 aliphatic carbocycles. The summed E-state index contributed by atoms with van der Waals surface area (Å²) in [5.41, 5.74) is 5.02. The predicted octanol–water partition coefficient (Wildman–Crippen LogP) is 7.20. The van der Waals surface area contributed by atoms with Gasteiger partial charge in [0.05, 0.1) is 6.61 Å². The second-order valence-corrected chi connectivity index (χ2v) is 10.2. The molecule has 0 aliphatic heterocycles. The molecule has 0 spiro atoms. The summed E-state index contributed by atoms with van der Waals surface area (Å²) in [6.45, 7) is 9.40. The van der Waals surface area contributed by atoms with Gasteiger partial charge in [0.15, 0.2) is 0 Å². The highest BCUT2D eigenvalue weighted by Gasteiger charge is 2.31. The molecule has 1 fully saturated rings. The maximum atomic E-state index is 10.8. The van der Waals surface area contributed by atoms with E-state index in [-0.39, 0.29) is 5.41 Å². The molecule has 2 aromatic rings. The molecule has 35 heavy (non-hydrogen) atoms. The summed E-state index contributed by atoms with van der Waals surface area (Å²) in [5, 5.41) is 10.8. The maximum absolute atomic E-state index is 10.8. The van der Waals surface area contributed by atoms with E-state index in [0.29, 0.717) is 13.0 Å². The van der Waals surface area contributed by atoms with Crippen LogP contribution in [-0.4, -0.2) is 23.6 Å². The minimum atomic E-state index is -0.824. The molecule has 0 heterocycles. The average molecular weight is 475 g/mol. The van der Waals surface area contributed by atoms with Gasteiger partial charge in [-0.05, 0) is 99.6 Å². The van der Waals surface area contributed by atoms with E-state index in [1.54, 1.807) is 0 Å². The molecule has 0 atom stereocenters. The number of hydrogen-bond donors (Lipinski definition) is 1. The van der Waals surface area contributed by atoms with Gasteiger partial charge in [-0.1, -0.05) is 56.4 Å². The molecule has 3 nitrogen and oxygen atoms in total. The molecule has 3 rings (SSSR count). The zero-order valence-corrected chi connectivity index (χ0v) is 22.1. The highest BCUT2D eigenvalue weighted by atomic mass is 16.5. The number of carbonyl (C=O) groups excluding carboxylic acids is 1. The van der Waals surface area contributed by atoms with E-state index >= 15 is 0 Å². The minimum absolute atomic E-state index is 0.0778. The maximum Gasteiger partial charge on any atom is 0.125 e. The smallest absolute Gasteiger partial charge is 0.125 e. The Morgan fingerprint density at radius 3 is 2.23 bits per heavy atom. The van der Waals surface area contributed by atoms with Crippen LogP contribution in [0.1, 0.15) is 106 Å². The van der Waals surface area contributed by atoms with E-state index in [4.69, 9.17) is 4.74 Å². The Morgan fingerprint density at radius 1 is 0.971 bits per heavy atom. The van der Waals surface area contributed by atoms with Crippen LogP contribution in [0.4, 0.5) is 0 Å². The third kappa shape index (κ3) is 6.56. The van der Waals surface area contributed by atoms with Crippen LogP contribution in [0.25, 0.3) is 0 Å². The van der Waals surface area contributed by atoms with Crippen LogP contribution in [0.5, 0.6) is 5.75 Å². The lowest BCUT2D eigenvalue weighted by atomic mass is 9.70. The summed E-state index contributed by atoms with van der Waals surface area (Å²) < 4.78 is 5.99. The molecule has 0 unspecified atom stereocenters. The van der Waals surface area contributed by atoms with Crippen molar-refractivity contribution in [1.82, 2.24) is 0 Å². The molecular formula is C32H42O3. The zero-order valence-electron chi connectivity index (χ0n) is 22.1. The van der Waals surface area contributed by atoms with E-state index in [9.17, 15) is 9.90 Å². The molecule has 0 amide bonds. The Hall–Kier alpha value is -2.57. The molecule has 1 saturated carbocycles.